The predicted octanol–water partition coefficient (Wildman–Crippen LogP) is 2.06. The fourth-order valence-corrected chi connectivity index (χ4v) is 1.60. The number of hydrogen-bond donors (Lipinski definition) is 2. The molecule has 1 aromatic carbocycles. The van der Waals surface area contributed by atoms with Crippen LogP contribution in [0.1, 0.15) is 42.6 Å². The van der Waals surface area contributed by atoms with Crippen molar-refractivity contribution in [2.75, 3.05) is 0 Å². The van der Waals surface area contributed by atoms with Crippen LogP contribution in [0.25, 0.3) is 0 Å². The van der Waals surface area contributed by atoms with Crippen LogP contribution < -0.4 is 11.1 Å². The van der Waals surface area contributed by atoms with E-state index in [-0.39, 0.29) is 11.9 Å². The Bertz CT molecular complexity index is 332. The van der Waals surface area contributed by atoms with E-state index in [0.29, 0.717) is 12.1 Å². The van der Waals surface area contributed by atoms with Crippen LogP contribution in [0.3, 0.4) is 0 Å². The SMILES string of the molecule is CCCC(C)NC(=O)c1ccc(CN)cc1. The van der Waals surface area contributed by atoms with Crippen molar-refractivity contribution in [3.8, 4) is 0 Å². The molecule has 0 saturated carbocycles. The van der Waals surface area contributed by atoms with Gasteiger partial charge in [0, 0.05) is 18.2 Å². The van der Waals surface area contributed by atoms with E-state index in [1.165, 1.54) is 0 Å². The quantitative estimate of drug-likeness (QED) is 0.798. The first-order chi connectivity index (χ1) is 7.67. The summed E-state index contributed by atoms with van der Waals surface area (Å²) in [6.45, 7) is 4.64. The van der Waals surface area contributed by atoms with E-state index in [1.807, 2.05) is 31.2 Å². The van der Waals surface area contributed by atoms with Crippen LogP contribution in [0.15, 0.2) is 24.3 Å². The van der Waals surface area contributed by atoms with Crippen LogP contribution >= 0.6 is 0 Å². The molecule has 1 rings (SSSR count). The Labute approximate surface area is 97.0 Å². The van der Waals surface area contributed by atoms with Crippen molar-refractivity contribution in [1.82, 2.24) is 5.32 Å². The topological polar surface area (TPSA) is 55.1 Å². The normalized spacial score (nSPS) is 12.2. The Morgan fingerprint density at radius 3 is 2.50 bits per heavy atom. The molecule has 0 bridgehead atoms. The van der Waals surface area contributed by atoms with Crippen molar-refractivity contribution in [3.05, 3.63) is 35.4 Å². The summed E-state index contributed by atoms with van der Waals surface area (Å²) in [6.07, 6.45) is 2.08. The van der Waals surface area contributed by atoms with Gasteiger partial charge >= 0.3 is 0 Å². The number of amides is 1. The number of nitrogens with one attached hydrogen (secondary N) is 1. The molecule has 0 saturated heterocycles. The molecule has 0 heterocycles. The molecule has 1 atom stereocenters. The molecule has 0 aliphatic carbocycles. The van der Waals surface area contributed by atoms with Gasteiger partial charge in [-0.2, -0.15) is 0 Å². The fraction of sp³-hybridized carbons (Fsp3) is 0.462. The summed E-state index contributed by atoms with van der Waals surface area (Å²) in [7, 11) is 0. The highest BCUT2D eigenvalue weighted by Crippen LogP contribution is 2.05. The van der Waals surface area contributed by atoms with Gasteiger partial charge in [0.15, 0.2) is 0 Å². The summed E-state index contributed by atoms with van der Waals surface area (Å²) in [5.41, 5.74) is 7.23. The first-order valence-corrected chi connectivity index (χ1v) is 5.77. The molecule has 0 aliphatic heterocycles. The van der Waals surface area contributed by atoms with Crippen LogP contribution in [0.4, 0.5) is 0 Å². The number of carbonyl (C=O) groups is 1. The average Bonchev–Trinajstić information content (AvgIpc) is 2.29. The van der Waals surface area contributed by atoms with E-state index in [9.17, 15) is 4.79 Å². The largest absolute Gasteiger partial charge is 0.350 e. The highest BCUT2D eigenvalue weighted by atomic mass is 16.1. The number of benzene rings is 1. The smallest absolute Gasteiger partial charge is 0.251 e. The molecule has 0 spiro atoms. The Kier molecular flexibility index (Phi) is 4.99. The van der Waals surface area contributed by atoms with Gasteiger partial charge in [0.2, 0.25) is 0 Å². The molecular weight excluding hydrogens is 200 g/mol. The van der Waals surface area contributed by atoms with Crippen LogP contribution in [0, 0.1) is 0 Å². The van der Waals surface area contributed by atoms with E-state index in [0.717, 1.165) is 18.4 Å². The summed E-state index contributed by atoms with van der Waals surface area (Å²) in [5, 5.41) is 2.96. The maximum atomic E-state index is 11.8. The minimum atomic E-state index is -0.00970. The summed E-state index contributed by atoms with van der Waals surface area (Å²) in [5.74, 6) is -0.00970. The van der Waals surface area contributed by atoms with E-state index in [4.69, 9.17) is 5.73 Å². The second-order valence-electron chi connectivity index (χ2n) is 4.06. The lowest BCUT2D eigenvalue weighted by atomic mass is 10.1. The molecule has 16 heavy (non-hydrogen) atoms. The van der Waals surface area contributed by atoms with Gasteiger partial charge in [-0.1, -0.05) is 25.5 Å². The van der Waals surface area contributed by atoms with Gasteiger partial charge in [-0.05, 0) is 31.0 Å². The predicted molar refractivity (Wildman–Crippen MR) is 66.2 cm³/mol. The summed E-state index contributed by atoms with van der Waals surface area (Å²) in [6, 6.07) is 7.64. The van der Waals surface area contributed by atoms with Gasteiger partial charge in [-0.25, -0.2) is 0 Å². The maximum Gasteiger partial charge on any atom is 0.251 e. The van der Waals surface area contributed by atoms with E-state index in [2.05, 4.69) is 12.2 Å². The van der Waals surface area contributed by atoms with Crippen molar-refractivity contribution in [3.63, 3.8) is 0 Å². The van der Waals surface area contributed by atoms with Gasteiger partial charge in [-0.3, -0.25) is 4.79 Å². The third-order valence-electron chi connectivity index (χ3n) is 2.55. The van der Waals surface area contributed by atoms with Crippen LogP contribution in [-0.4, -0.2) is 11.9 Å². The number of rotatable bonds is 5. The molecule has 88 valence electrons. The minimum absolute atomic E-state index is 0.00970. The molecule has 3 nitrogen and oxygen atoms in total. The molecule has 1 aromatic rings. The first kappa shape index (κ1) is 12.7. The highest BCUT2D eigenvalue weighted by molar-refractivity contribution is 5.94. The maximum absolute atomic E-state index is 11.8. The minimum Gasteiger partial charge on any atom is -0.350 e. The lowest BCUT2D eigenvalue weighted by Crippen LogP contribution is -2.32. The van der Waals surface area contributed by atoms with Gasteiger partial charge < -0.3 is 11.1 Å². The second-order valence-corrected chi connectivity index (χ2v) is 4.06. The van der Waals surface area contributed by atoms with Gasteiger partial charge in [-0.15, -0.1) is 0 Å². The Morgan fingerprint density at radius 1 is 1.38 bits per heavy atom. The zero-order valence-corrected chi connectivity index (χ0v) is 9.99. The summed E-state index contributed by atoms with van der Waals surface area (Å²) in [4.78, 5) is 11.8. The van der Waals surface area contributed by atoms with Gasteiger partial charge in [0.25, 0.3) is 5.91 Å². The highest BCUT2D eigenvalue weighted by Gasteiger charge is 2.08. The number of nitrogens with two attached hydrogens (primary N) is 1. The van der Waals surface area contributed by atoms with Gasteiger partial charge in [0.1, 0.15) is 0 Å². The van der Waals surface area contributed by atoms with E-state index < -0.39 is 0 Å². The fourth-order valence-electron chi connectivity index (χ4n) is 1.60. The monoisotopic (exact) mass is 220 g/mol. The van der Waals surface area contributed by atoms with E-state index >= 15 is 0 Å². The number of hydrogen-bond acceptors (Lipinski definition) is 2. The van der Waals surface area contributed by atoms with Crippen molar-refractivity contribution >= 4 is 5.91 Å². The zero-order valence-electron chi connectivity index (χ0n) is 9.99. The molecular formula is C13H20N2O. The number of carbonyl (C=O) groups excluding carboxylic acids is 1. The summed E-state index contributed by atoms with van der Waals surface area (Å²) >= 11 is 0. The second kappa shape index (κ2) is 6.28. The van der Waals surface area contributed by atoms with Crippen molar-refractivity contribution in [2.24, 2.45) is 5.73 Å². The average molecular weight is 220 g/mol. The zero-order chi connectivity index (χ0) is 12.0. The van der Waals surface area contributed by atoms with Crippen molar-refractivity contribution in [1.29, 1.82) is 0 Å². The van der Waals surface area contributed by atoms with Gasteiger partial charge in [0.05, 0.1) is 0 Å². The van der Waals surface area contributed by atoms with Crippen molar-refractivity contribution in [2.45, 2.75) is 39.3 Å². The molecule has 1 unspecified atom stereocenters. The molecule has 0 fully saturated rings. The lowest BCUT2D eigenvalue weighted by molar-refractivity contribution is 0.0938. The third kappa shape index (κ3) is 3.66. The molecule has 3 N–H and O–H groups in total. The van der Waals surface area contributed by atoms with Crippen LogP contribution in [0.5, 0.6) is 0 Å². The van der Waals surface area contributed by atoms with Crippen molar-refractivity contribution < 1.29 is 4.79 Å². The lowest BCUT2D eigenvalue weighted by Gasteiger charge is -2.12. The standard InChI is InChI=1S/C13H20N2O/c1-3-4-10(2)15-13(16)12-7-5-11(9-14)6-8-12/h5-8,10H,3-4,9,14H2,1-2H3,(H,15,16). The molecule has 0 aromatic heterocycles. The van der Waals surface area contributed by atoms with Crippen LogP contribution in [-0.2, 0) is 6.54 Å². The first-order valence-electron chi connectivity index (χ1n) is 5.77. The Balaban J connectivity index is 2.59. The molecule has 0 aliphatic rings. The van der Waals surface area contributed by atoms with Crippen LogP contribution in [0.2, 0.25) is 0 Å². The molecule has 0 radical (unpaired) electrons. The molecule has 1 amide bonds. The van der Waals surface area contributed by atoms with E-state index in [1.54, 1.807) is 0 Å². The third-order valence-corrected chi connectivity index (χ3v) is 2.55. The Hall–Kier alpha value is -1.35. The Morgan fingerprint density at radius 2 is 2.00 bits per heavy atom. The molecule has 3 heteroatoms. The summed E-state index contributed by atoms with van der Waals surface area (Å²) < 4.78 is 0.